The van der Waals surface area contributed by atoms with E-state index in [4.69, 9.17) is 0 Å². The number of benzene rings is 2. The highest BCUT2D eigenvalue weighted by Crippen LogP contribution is 2.17. The van der Waals surface area contributed by atoms with Crippen LogP contribution in [0.2, 0.25) is 0 Å². The van der Waals surface area contributed by atoms with Gasteiger partial charge in [-0.25, -0.2) is 4.98 Å². The van der Waals surface area contributed by atoms with Crippen molar-refractivity contribution >= 4 is 16.8 Å². The van der Waals surface area contributed by atoms with E-state index in [9.17, 15) is 9.59 Å². The van der Waals surface area contributed by atoms with Crippen LogP contribution in [0.4, 0.5) is 0 Å². The van der Waals surface area contributed by atoms with Gasteiger partial charge in [0, 0.05) is 6.54 Å². The van der Waals surface area contributed by atoms with Gasteiger partial charge in [0.1, 0.15) is 6.54 Å². The highest BCUT2D eigenvalue weighted by molar-refractivity contribution is 5.78. The minimum atomic E-state index is -0.215. The molecule has 6 heteroatoms. The van der Waals surface area contributed by atoms with Crippen molar-refractivity contribution in [1.29, 1.82) is 0 Å². The largest absolute Gasteiger partial charge is 0.353 e. The summed E-state index contributed by atoms with van der Waals surface area (Å²) in [5.74, 6) is -0.215. The lowest BCUT2D eigenvalue weighted by atomic mass is 10.0. The molecule has 1 amide bonds. The molecule has 0 radical (unpaired) electrons. The third-order valence-electron chi connectivity index (χ3n) is 4.62. The minimum absolute atomic E-state index is 0.0509. The fraction of sp³-hybridized carbons (Fsp3) is 0.286. The number of aryl methyl sites for hydroxylation is 1. The summed E-state index contributed by atoms with van der Waals surface area (Å²) in [5.41, 5.74) is 2.75. The van der Waals surface area contributed by atoms with Crippen LogP contribution in [0.1, 0.15) is 17.2 Å². The van der Waals surface area contributed by atoms with E-state index in [1.54, 1.807) is 18.2 Å². The molecule has 0 spiro atoms. The van der Waals surface area contributed by atoms with Crippen molar-refractivity contribution in [3.63, 3.8) is 0 Å². The number of nitrogens with one attached hydrogen (secondary N) is 1. The topological polar surface area (TPSA) is 67.2 Å². The van der Waals surface area contributed by atoms with Crippen molar-refractivity contribution < 1.29 is 4.79 Å². The van der Waals surface area contributed by atoms with Crippen LogP contribution in [0.5, 0.6) is 0 Å². The lowest BCUT2D eigenvalue weighted by Gasteiger charge is -2.25. The Bertz CT molecular complexity index is 993. The van der Waals surface area contributed by atoms with Gasteiger partial charge in [-0.2, -0.15) is 0 Å². The predicted octanol–water partition coefficient (Wildman–Crippen LogP) is 2.12. The van der Waals surface area contributed by atoms with Gasteiger partial charge in [0.25, 0.3) is 5.56 Å². The molecule has 0 aliphatic rings. The molecule has 27 heavy (non-hydrogen) atoms. The molecular weight excluding hydrogens is 340 g/mol. The van der Waals surface area contributed by atoms with Crippen molar-refractivity contribution in [1.82, 2.24) is 19.8 Å². The smallest absolute Gasteiger partial charge is 0.261 e. The SMILES string of the molecule is Cc1ccc([C@@H](CNC(=O)Cn2cnc3ccccc3c2=O)N(C)C)cc1. The number of para-hydroxylation sites is 1. The lowest BCUT2D eigenvalue weighted by Crippen LogP contribution is -2.37. The first-order chi connectivity index (χ1) is 13.0. The molecule has 0 unspecified atom stereocenters. The van der Waals surface area contributed by atoms with Crippen molar-refractivity contribution in [2.75, 3.05) is 20.6 Å². The van der Waals surface area contributed by atoms with Crippen LogP contribution in [0.3, 0.4) is 0 Å². The van der Waals surface area contributed by atoms with Crippen LogP contribution in [0.25, 0.3) is 10.9 Å². The zero-order valence-corrected chi connectivity index (χ0v) is 15.8. The van der Waals surface area contributed by atoms with Crippen LogP contribution in [-0.4, -0.2) is 41.0 Å². The molecule has 6 nitrogen and oxygen atoms in total. The maximum absolute atomic E-state index is 12.5. The second-order valence-corrected chi connectivity index (χ2v) is 6.89. The monoisotopic (exact) mass is 364 g/mol. The number of rotatable bonds is 6. The number of nitrogens with zero attached hydrogens (tertiary/aromatic N) is 3. The Kier molecular flexibility index (Phi) is 5.66. The molecule has 1 N–H and O–H groups in total. The molecule has 0 fully saturated rings. The lowest BCUT2D eigenvalue weighted by molar-refractivity contribution is -0.121. The Morgan fingerprint density at radius 2 is 1.85 bits per heavy atom. The van der Waals surface area contributed by atoms with E-state index in [0.29, 0.717) is 17.4 Å². The van der Waals surface area contributed by atoms with Gasteiger partial charge in [-0.15, -0.1) is 0 Å². The van der Waals surface area contributed by atoms with Crippen molar-refractivity contribution in [2.45, 2.75) is 19.5 Å². The third kappa shape index (κ3) is 4.41. The van der Waals surface area contributed by atoms with Gasteiger partial charge in [-0.1, -0.05) is 42.0 Å². The summed E-state index contributed by atoms with van der Waals surface area (Å²) in [5, 5.41) is 3.45. The number of aromatic nitrogens is 2. The van der Waals surface area contributed by atoms with E-state index in [1.165, 1.54) is 16.5 Å². The zero-order chi connectivity index (χ0) is 19.4. The van der Waals surface area contributed by atoms with E-state index < -0.39 is 0 Å². The van der Waals surface area contributed by atoms with Crippen molar-refractivity contribution in [2.24, 2.45) is 0 Å². The second kappa shape index (κ2) is 8.14. The van der Waals surface area contributed by atoms with Crippen LogP contribution in [-0.2, 0) is 11.3 Å². The van der Waals surface area contributed by atoms with Gasteiger partial charge in [0.2, 0.25) is 5.91 Å². The summed E-state index contributed by atoms with van der Waals surface area (Å²) in [6.07, 6.45) is 1.42. The summed E-state index contributed by atoms with van der Waals surface area (Å²) in [7, 11) is 3.96. The molecule has 140 valence electrons. The van der Waals surface area contributed by atoms with Gasteiger partial charge in [-0.3, -0.25) is 14.2 Å². The molecule has 0 saturated heterocycles. The number of carbonyl (C=O) groups is 1. The number of likely N-dealkylation sites (N-methyl/N-ethyl adjacent to an activating group) is 1. The third-order valence-corrected chi connectivity index (χ3v) is 4.62. The maximum Gasteiger partial charge on any atom is 0.261 e. The minimum Gasteiger partial charge on any atom is -0.353 e. The van der Waals surface area contributed by atoms with E-state index in [0.717, 1.165) is 5.56 Å². The number of carbonyl (C=O) groups excluding carboxylic acids is 1. The quantitative estimate of drug-likeness (QED) is 0.728. The van der Waals surface area contributed by atoms with Gasteiger partial charge in [0.05, 0.1) is 23.3 Å². The highest BCUT2D eigenvalue weighted by Gasteiger charge is 2.16. The summed E-state index contributed by atoms with van der Waals surface area (Å²) >= 11 is 0. The molecule has 2 aromatic carbocycles. The van der Waals surface area contributed by atoms with E-state index in [-0.39, 0.29) is 24.1 Å². The van der Waals surface area contributed by atoms with Crippen LogP contribution in [0.15, 0.2) is 59.7 Å². The first-order valence-electron chi connectivity index (χ1n) is 8.89. The first kappa shape index (κ1) is 18.8. The fourth-order valence-corrected chi connectivity index (χ4v) is 3.03. The molecule has 0 saturated carbocycles. The average Bonchev–Trinajstić information content (AvgIpc) is 2.65. The Hall–Kier alpha value is -2.99. The van der Waals surface area contributed by atoms with Gasteiger partial charge in [-0.05, 0) is 38.7 Å². The highest BCUT2D eigenvalue weighted by atomic mass is 16.2. The number of hydrogen-bond donors (Lipinski definition) is 1. The van der Waals surface area contributed by atoms with Crippen molar-refractivity contribution in [3.05, 3.63) is 76.3 Å². The maximum atomic E-state index is 12.5. The first-order valence-corrected chi connectivity index (χ1v) is 8.89. The predicted molar refractivity (Wildman–Crippen MR) is 107 cm³/mol. The Morgan fingerprint density at radius 1 is 1.15 bits per heavy atom. The molecule has 0 aliphatic heterocycles. The molecule has 0 aliphatic carbocycles. The molecule has 3 rings (SSSR count). The van der Waals surface area contributed by atoms with Crippen LogP contribution < -0.4 is 10.9 Å². The molecule has 3 aromatic rings. The summed E-state index contributed by atoms with van der Waals surface area (Å²) in [4.78, 5) is 31.2. The van der Waals surface area contributed by atoms with E-state index >= 15 is 0 Å². The van der Waals surface area contributed by atoms with E-state index in [2.05, 4.69) is 39.5 Å². The fourth-order valence-electron chi connectivity index (χ4n) is 3.03. The zero-order valence-electron chi connectivity index (χ0n) is 15.8. The van der Waals surface area contributed by atoms with Gasteiger partial charge < -0.3 is 10.2 Å². The summed E-state index contributed by atoms with van der Waals surface area (Å²) < 4.78 is 1.34. The average molecular weight is 364 g/mol. The molecule has 1 heterocycles. The van der Waals surface area contributed by atoms with Gasteiger partial charge in [0.15, 0.2) is 0 Å². The Balaban J connectivity index is 1.69. The second-order valence-electron chi connectivity index (χ2n) is 6.89. The molecule has 1 aromatic heterocycles. The standard InChI is InChI=1S/C21H24N4O2/c1-15-8-10-16(11-9-15)19(24(2)3)12-22-20(26)13-25-14-23-18-7-5-4-6-17(18)21(25)27/h4-11,14,19H,12-13H2,1-3H3,(H,22,26)/t19-/m1/s1. The number of fused-ring (bicyclic) bond motifs is 1. The number of hydrogen-bond acceptors (Lipinski definition) is 4. The molecule has 1 atom stereocenters. The normalized spacial score (nSPS) is 12.3. The molecular formula is C21H24N4O2. The van der Waals surface area contributed by atoms with Crippen molar-refractivity contribution in [3.8, 4) is 0 Å². The van der Waals surface area contributed by atoms with Crippen LogP contribution in [0, 0.1) is 6.92 Å². The summed E-state index contributed by atoms with van der Waals surface area (Å²) in [6.45, 7) is 2.46. The van der Waals surface area contributed by atoms with Gasteiger partial charge >= 0.3 is 0 Å². The van der Waals surface area contributed by atoms with Crippen LogP contribution >= 0.6 is 0 Å². The van der Waals surface area contributed by atoms with E-state index in [1.807, 2.05) is 27.1 Å². The number of amides is 1. The Labute approximate surface area is 158 Å². The Morgan fingerprint density at radius 3 is 2.56 bits per heavy atom. The molecule has 0 bridgehead atoms. The summed E-state index contributed by atoms with van der Waals surface area (Å²) in [6, 6.07) is 15.5.